The van der Waals surface area contributed by atoms with E-state index in [4.69, 9.17) is 0 Å². The van der Waals surface area contributed by atoms with Crippen LogP contribution in [0.5, 0.6) is 0 Å². The Bertz CT molecular complexity index is 552. The topological polar surface area (TPSA) is 77.5 Å². The minimum atomic E-state index is -3.65. The van der Waals surface area contributed by atoms with Gasteiger partial charge >= 0.3 is 0 Å². The zero-order valence-electron chi connectivity index (χ0n) is 10.0. The summed E-state index contributed by atoms with van der Waals surface area (Å²) < 4.78 is 25.9. The number of hydrogen-bond acceptors (Lipinski definition) is 4. The molecule has 0 atom stereocenters. The Morgan fingerprint density at radius 3 is 2.33 bits per heavy atom. The molecule has 0 heterocycles. The molecule has 18 heavy (non-hydrogen) atoms. The van der Waals surface area contributed by atoms with Gasteiger partial charge in [0.05, 0.1) is 10.9 Å². The molecule has 0 saturated carbocycles. The standard InChI is InChI=1S/C11H14BrNO4S/c1-3-13(4-2)18(16,17)8-5-6-10(12)9(7-8)11(14)15/h5-7H,3-4H2,1-2H3,(H,14,15)/p-1. The molecule has 0 aliphatic heterocycles. The highest BCUT2D eigenvalue weighted by molar-refractivity contribution is 9.10. The monoisotopic (exact) mass is 334 g/mol. The molecule has 0 bridgehead atoms. The van der Waals surface area contributed by atoms with Crippen LogP contribution in [0.2, 0.25) is 0 Å². The third-order valence-electron chi connectivity index (χ3n) is 2.50. The Morgan fingerprint density at radius 2 is 1.89 bits per heavy atom. The summed E-state index contributed by atoms with van der Waals surface area (Å²) in [5.41, 5.74) is -0.178. The molecule has 0 fully saturated rings. The van der Waals surface area contributed by atoms with Gasteiger partial charge < -0.3 is 9.90 Å². The zero-order valence-corrected chi connectivity index (χ0v) is 12.4. The van der Waals surface area contributed by atoms with Crippen molar-refractivity contribution in [2.24, 2.45) is 0 Å². The minimum absolute atomic E-state index is 0.0476. The molecule has 0 saturated heterocycles. The van der Waals surface area contributed by atoms with Crippen LogP contribution in [0.15, 0.2) is 27.6 Å². The third-order valence-corrected chi connectivity index (χ3v) is 5.24. The molecule has 5 nitrogen and oxygen atoms in total. The molecule has 0 unspecified atom stereocenters. The van der Waals surface area contributed by atoms with Crippen molar-refractivity contribution < 1.29 is 18.3 Å². The molecule has 0 aliphatic carbocycles. The number of carboxylic acids is 1. The van der Waals surface area contributed by atoms with Gasteiger partial charge in [0.25, 0.3) is 0 Å². The van der Waals surface area contributed by atoms with Gasteiger partial charge in [0.15, 0.2) is 0 Å². The number of carboxylic acid groups (broad SMARTS) is 1. The smallest absolute Gasteiger partial charge is 0.243 e. The van der Waals surface area contributed by atoms with Crippen molar-refractivity contribution >= 4 is 31.9 Å². The van der Waals surface area contributed by atoms with Gasteiger partial charge in [0.2, 0.25) is 10.0 Å². The second kappa shape index (κ2) is 5.81. The maximum absolute atomic E-state index is 12.2. The van der Waals surface area contributed by atoms with Gasteiger partial charge in [0.1, 0.15) is 0 Å². The molecule has 0 radical (unpaired) electrons. The fourth-order valence-corrected chi connectivity index (χ4v) is 3.43. The highest BCUT2D eigenvalue weighted by Gasteiger charge is 2.22. The summed E-state index contributed by atoms with van der Waals surface area (Å²) in [4.78, 5) is 10.8. The lowest BCUT2D eigenvalue weighted by molar-refractivity contribution is -0.255. The molecule has 1 aromatic rings. The highest BCUT2D eigenvalue weighted by atomic mass is 79.9. The van der Waals surface area contributed by atoms with E-state index in [1.807, 2.05) is 0 Å². The van der Waals surface area contributed by atoms with Crippen molar-refractivity contribution in [2.45, 2.75) is 18.7 Å². The van der Waals surface area contributed by atoms with Crippen molar-refractivity contribution in [3.05, 3.63) is 28.2 Å². The Hall–Kier alpha value is -0.920. The average molecular weight is 335 g/mol. The predicted molar refractivity (Wildman–Crippen MR) is 68.6 cm³/mol. The lowest BCUT2D eigenvalue weighted by Crippen LogP contribution is -2.31. The number of hydrogen-bond donors (Lipinski definition) is 0. The normalized spacial score (nSPS) is 11.8. The lowest BCUT2D eigenvalue weighted by atomic mass is 10.2. The number of benzene rings is 1. The summed E-state index contributed by atoms with van der Waals surface area (Å²) >= 11 is 3.04. The number of carbonyl (C=O) groups is 1. The van der Waals surface area contributed by atoms with Gasteiger partial charge in [-0.3, -0.25) is 0 Å². The first-order chi connectivity index (χ1) is 8.34. The summed E-state index contributed by atoms with van der Waals surface area (Å²) in [5.74, 6) is -1.42. The summed E-state index contributed by atoms with van der Waals surface area (Å²) in [7, 11) is -3.65. The quantitative estimate of drug-likeness (QED) is 0.799. The highest BCUT2D eigenvalue weighted by Crippen LogP contribution is 2.22. The molecular weight excluding hydrogens is 322 g/mol. The van der Waals surface area contributed by atoms with E-state index in [1.54, 1.807) is 13.8 Å². The van der Waals surface area contributed by atoms with Crippen molar-refractivity contribution in [2.75, 3.05) is 13.1 Å². The van der Waals surface area contributed by atoms with E-state index in [-0.39, 0.29) is 10.5 Å². The van der Waals surface area contributed by atoms with Gasteiger partial charge in [-0.25, -0.2) is 8.42 Å². The maximum Gasteiger partial charge on any atom is 0.243 e. The number of halogens is 1. The van der Waals surface area contributed by atoms with Crippen LogP contribution in [0.4, 0.5) is 0 Å². The first-order valence-electron chi connectivity index (χ1n) is 5.35. The number of sulfonamides is 1. The Balaban J connectivity index is 3.34. The van der Waals surface area contributed by atoms with Crippen LogP contribution in [-0.4, -0.2) is 31.8 Å². The number of nitrogens with zero attached hydrogens (tertiary/aromatic N) is 1. The molecule has 0 amide bonds. The van der Waals surface area contributed by atoms with Crippen LogP contribution < -0.4 is 5.11 Å². The summed E-state index contributed by atoms with van der Waals surface area (Å²) in [6.45, 7) is 4.10. The largest absolute Gasteiger partial charge is 0.545 e. The predicted octanol–water partition coefficient (Wildman–Crippen LogP) is 0.843. The second-order valence-electron chi connectivity index (χ2n) is 3.52. The van der Waals surface area contributed by atoms with Crippen LogP contribution in [0.3, 0.4) is 0 Å². The van der Waals surface area contributed by atoms with E-state index in [0.717, 1.165) is 6.07 Å². The van der Waals surface area contributed by atoms with Gasteiger partial charge in [0, 0.05) is 23.1 Å². The van der Waals surface area contributed by atoms with Crippen LogP contribution >= 0.6 is 15.9 Å². The van der Waals surface area contributed by atoms with Crippen LogP contribution in [0.25, 0.3) is 0 Å². The zero-order chi connectivity index (χ0) is 13.9. The van der Waals surface area contributed by atoms with Gasteiger partial charge in [-0.15, -0.1) is 0 Å². The Kier molecular flexibility index (Phi) is 4.89. The summed E-state index contributed by atoms with van der Waals surface area (Å²) in [6.07, 6.45) is 0. The molecule has 0 aliphatic rings. The van der Waals surface area contributed by atoms with E-state index >= 15 is 0 Å². The Labute approximate surface area is 115 Å². The van der Waals surface area contributed by atoms with Gasteiger partial charge in [-0.05, 0) is 18.2 Å². The third kappa shape index (κ3) is 2.90. The first-order valence-corrected chi connectivity index (χ1v) is 7.59. The average Bonchev–Trinajstić information content (AvgIpc) is 2.30. The lowest BCUT2D eigenvalue weighted by Gasteiger charge is -2.19. The van der Waals surface area contributed by atoms with Crippen molar-refractivity contribution in [1.29, 1.82) is 0 Å². The molecule has 7 heteroatoms. The summed E-state index contributed by atoms with van der Waals surface area (Å²) in [6, 6.07) is 3.86. The van der Waals surface area contributed by atoms with Crippen LogP contribution in [-0.2, 0) is 10.0 Å². The van der Waals surface area contributed by atoms with Crippen LogP contribution in [0.1, 0.15) is 24.2 Å². The van der Waals surface area contributed by atoms with E-state index in [2.05, 4.69) is 15.9 Å². The number of aromatic carboxylic acids is 1. The molecule has 0 aromatic heterocycles. The molecule has 0 N–H and O–H groups in total. The van der Waals surface area contributed by atoms with Crippen molar-refractivity contribution in [3.8, 4) is 0 Å². The van der Waals surface area contributed by atoms with Crippen LogP contribution in [0, 0.1) is 0 Å². The van der Waals surface area contributed by atoms with E-state index in [0.29, 0.717) is 17.6 Å². The number of carbonyl (C=O) groups excluding carboxylic acids is 1. The first kappa shape index (κ1) is 15.1. The molecule has 1 rings (SSSR count). The molecule has 0 spiro atoms. The van der Waals surface area contributed by atoms with Crippen molar-refractivity contribution in [3.63, 3.8) is 0 Å². The fraction of sp³-hybridized carbons (Fsp3) is 0.364. The fourth-order valence-electron chi connectivity index (χ4n) is 1.53. The van der Waals surface area contributed by atoms with E-state index in [9.17, 15) is 18.3 Å². The van der Waals surface area contributed by atoms with E-state index < -0.39 is 16.0 Å². The van der Waals surface area contributed by atoms with E-state index in [1.165, 1.54) is 16.4 Å². The van der Waals surface area contributed by atoms with Gasteiger partial charge in [-0.1, -0.05) is 29.8 Å². The molecule has 100 valence electrons. The second-order valence-corrected chi connectivity index (χ2v) is 6.31. The Morgan fingerprint density at radius 1 is 1.33 bits per heavy atom. The molecule has 1 aromatic carbocycles. The SMILES string of the molecule is CCN(CC)S(=O)(=O)c1ccc(Br)c(C(=O)[O-])c1. The number of rotatable bonds is 5. The van der Waals surface area contributed by atoms with Gasteiger partial charge in [-0.2, -0.15) is 4.31 Å². The summed E-state index contributed by atoms with van der Waals surface area (Å²) in [5, 5.41) is 10.9. The minimum Gasteiger partial charge on any atom is -0.545 e. The maximum atomic E-state index is 12.2. The molecular formula is C11H13BrNO4S-. The van der Waals surface area contributed by atoms with Crippen molar-refractivity contribution in [1.82, 2.24) is 4.31 Å².